The van der Waals surface area contributed by atoms with E-state index >= 15 is 0 Å². The van der Waals surface area contributed by atoms with Crippen molar-refractivity contribution in [2.45, 2.75) is 58.7 Å². The van der Waals surface area contributed by atoms with E-state index in [4.69, 9.17) is 25.2 Å². The molecule has 0 spiro atoms. The Morgan fingerprint density at radius 1 is 1.07 bits per heavy atom. The molecule has 3 N–H and O–H groups in total. The molecule has 8 nitrogen and oxygen atoms in total. The zero-order chi connectivity index (χ0) is 28.2. The molecule has 212 valence electrons. The van der Waals surface area contributed by atoms with Crippen LogP contribution in [0.1, 0.15) is 54.4 Å². The summed E-state index contributed by atoms with van der Waals surface area (Å²) in [6.45, 7) is 9.75. The summed E-state index contributed by atoms with van der Waals surface area (Å²) in [5, 5.41) is 13.1. The van der Waals surface area contributed by atoms with Gasteiger partial charge in [0, 0.05) is 37.2 Å². The van der Waals surface area contributed by atoms with Crippen LogP contribution < -0.4 is 20.1 Å². The van der Waals surface area contributed by atoms with Crippen LogP contribution in [-0.2, 0) is 11.4 Å². The Balaban J connectivity index is 1.23. The van der Waals surface area contributed by atoms with E-state index in [1.807, 2.05) is 18.2 Å². The number of rotatable bonds is 10. The van der Waals surface area contributed by atoms with Gasteiger partial charge in [-0.25, -0.2) is 5.01 Å². The zero-order valence-corrected chi connectivity index (χ0v) is 23.6. The standard InChI is InChI=1S/C32H39N3O5/c1-4-35(33)34-12-10-26(11-13-34)40-28-14-21(2)32(22(3)15-28)24-7-5-6-23(16-24)19-38-27-8-9-29-25(17-31(36)37)20-39-30(29)18-27/h5-9,14-16,18,25-26H,4,10-13,17,19-20,33H2,1-3H3,(H,36,37)/t25-/m1/s1. The third-order valence-corrected chi connectivity index (χ3v) is 7.82. The van der Waals surface area contributed by atoms with Crippen molar-refractivity contribution in [1.29, 1.82) is 0 Å². The summed E-state index contributed by atoms with van der Waals surface area (Å²) in [5.41, 5.74) is 6.70. The Labute approximate surface area is 236 Å². The normalized spacial score (nSPS) is 17.5. The van der Waals surface area contributed by atoms with Crippen LogP contribution in [0, 0.1) is 13.8 Å². The Morgan fingerprint density at radius 3 is 2.52 bits per heavy atom. The highest BCUT2D eigenvalue weighted by Gasteiger charge is 2.27. The van der Waals surface area contributed by atoms with E-state index in [0.717, 1.165) is 54.9 Å². The average molecular weight is 546 g/mol. The van der Waals surface area contributed by atoms with Crippen molar-refractivity contribution in [2.75, 3.05) is 26.2 Å². The molecule has 1 fully saturated rings. The lowest BCUT2D eigenvalue weighted by atomic mass is 9.94. The Hall–Kier alpha value is -3.59. The van der Waals surface area contributed by atoms with Gasteiger partial charge in [-0.15, -0.1) is 0 Å². The predicted octanol–water partition coefficient (Wildman–Crippen LogP) is 5.45. The fourth-order valence-corrected chi connectivity index (χ4v) is 5.77. The molecule has 0 amide bonds. The summed E-state index contributed by atoms with van der Waals surface area (Å²) in [4.78, 5) is 11.1. The van der Waals surface area contributed by atoms with Crippen molar-refractivity contribution in [3.05, 3.63) is 76.9 Å². The third-order valence-electron chi connectivity index (χ3n) is 7.82. The van der Waals surface area contributed by atoms with Crippen molar-refractivity contribution in [3.8, 4) is 28.4 Å². The van der Waals surface area contributed by atoms with Gasteiger partial charge in [0.1, 0.15) is 30.0 Å². The minimum Gasteiger partial charge on any atom is -0.492 e. The van der Waals surface area contributed by atoms with Crippen LogP contribution in [0.25, 0.3) is 11.1 Å². The van der Waals surface area contributed by atoms with Gasteiger partial charge in [-0.3, -0.25) is 10.6 Å². The quantitative estimate of drug-likeness (QED) is 0.256. The van der Waals surface area contributed by atoms with Crippen LogP contribution >= 0.6 is 0 Å². The molecule has 0 bridgehead atoms. The number of nitrogens with zero attached hydrogens (tertiary/aromatic N) is 2. The minimum absolute atomic E-state index is 0.0674. The number of carbonyl (C=O) groups is 1. The highest BCUT2D eigenvalue weighted by Crippen LogP contribution is 2.38. The third kappa shape index (κ3) is 6.41. The first-order valence-corrected chi connectivity index (χ1v) is 14.1. The maximum absolute atomic E-state index is 11.1. The van der Waals surface area contributed by atoms with Gasteiger partial charge in [-0.1, -0.05) is 24.3 Å². The van der Waals surface area contributed by atoms with Crippen LogP contribution in [0.2, 0.25) is 0 Å². The summed E-state index contributed by atoms with van der Waals surface area (Å²) in [7, 11) is 0. The molecule has 1 saturated heterocycles. The van der Waals surface area contributed by atoms with Gasteiger partial charge in [-0.05, 0) is 85.7 Å². The van der Waals surface area contributed by atoms with Crippen molar-refractivity contribution < 1.29 is 24.1 Å². The first-order valence-electron chi connectivity index (χ1n) is 14.1. The van der Waals surface area contributed by atoms with Crippen LogP contribution in [0.3, 0.4) is 0 Å². The lowest BCUT2D eigenvalue weighted by molar-refractivity contribution is -0.137. The van der Waals surface area contributed by atoms with E-state index in [0.29, 0.717) is 24.7 Å². The second-order valence-corrected chi connectivity index (χ2v) is 10.8. The van der Waals surface area contributed by atoms with Crippen LogP contribution in [0.4, 0.5) is 0 Å². The molecule has 0 unspecified atom stereocenters. The highest BCUT2D eigenvalue weighted by molar-refractivity contribution is 5.72. The first-order chi connectivity index (χ1) is 19.3. The maximum Gasteiger partial charge on any atom is 0.304 e. The van der Waals surface area contributed by atoms with E-state index in [9.17, 15) is 4.79 Å². The smallest absolute Gasteiger partial charge is 0.304 e. The molecule has 1 atom stereocenters. The van der Waals surface area contributed by atoms with Crippen molar-refractivity contribution >= 4 is 5.97 Å². The topological polar surface area (TPSA) is 97.5 Å². The molecule has 0 aromatic heterocycles. The van der Waals surface area contributed by atoms with Gasteiger partial charge in [-0.2, -0.15) is 5.12 Å². The average Bonchev–Trinajstić information content (AvgIpc) is 3.33. The summed E-state index contributed by atoms with van der Waals surface area (Å²) in [6, 6.07) is 18.4. The van der Waals surface area contributed by atoms with E-state index in [2.05, 4.69) is 62.2 Å². The minimum atomic E-state index is -0.818. The van der Waals surface area contributed by atoms with Crippen molar-refractivity contribution in [1.82, 2.24) is 10.1 Å². The van der Waals surface area contributed by atoms with Gasteiger partial charge in [0.25, 0.3) is 0 Å². The molecule has 40 heavy (non-hydrogen) atoms. The number of hydrazine groups is 2. The summed E-state index contributed by atoms with van der Waals surface area (Å²) < 4.78 is 18.2. The number of nitrogens with two attached hydrogens (primary N) is 1. The summed E-state index contributed by atoms with van der Waals surface area (Å²) in [6.07, 6.45) is 2.17. The molecule has 2 aliphatic rings. The zero-order valence-electron chi connectivity index (χ0n) is 23.6. The van der Waals surface area contributed by atoms with Crippen LogP contribution in [0.5, 0.6) is 17.2 Å². The number of carboxylic acid groups (broad SMARTS) is 1. The van der Waals surface area contributed by atoms with Crippen molar-refractivity contribution in [2.24, 2.45) is 5.84 Å². The number of hydrogen-bond acceptors (Lipinski definition) is 7. The number of fused-ring (bicyclic) bond motifs is 1. The van der Waals surface area contributed by atoms with Crippen LogP contribution in [0.15, 0.2) is 54.6 Å². The summed E-state index contributed by atoms with van der Waals surface area (Å²) >= 11 is 0. The number of aliphatic carboxylic acids is 1. The number of piperidine rings is 1. The van der Waals surface area contributed by atoms with Gasteiger partial charge in [0.15, 0.2) is 0 Å². The molecule has 2 heterocycles. The molecular weight excluding hydrogens is 506 g/mol. The molecule has 8 heteroatoms. The van der Waals surface area contributed by atoms with Crippen molar-refractivity contribution in [3.63, 3.8) is 0 Å². The molecule has 0 aliphatic carbocycles. The molecule has 3 aromatic carbocycles. The molecule has 2 aliphatic heterocycles. The number of hydrogen-bond donors (Lipinski definition) is 2. The highest BCUT2D eigenvalue weighted by atomic mass is 16.5. The SMILES string of the molecule is CCN(N)N1CCC(Oc2cc(C)c(-c3cccc(COc4ccc5c(c4)OC[C@H]5CC(=O)O)c3)c(C)c2)CC1. The monoisotopic (exact) mass is 545 g/mol. The first kappa shape index (κ1) is 28.0. The lowest BCUT2D eigenvalue weighted by Gasteiger charge is -2.36. The van der Waals surface area contributed by atoms with E-state index < -0.39 is 5.97 Å². The Bertz CT molecular complexity index is 1330. The number of carboxylic acids is 1. The largest absolute Gasteiger partial charge is 0.492 e. The molecule has 0 saturated carbocycles. The van der Waals surface area contributed by atoms with Gasteiger partial charge in [0.05, 0.1) is 13.0 Å². The fourth-order valence-electron chi connectivity index (χ4n) is 5.77. The molecular formula is C32H39N3O5. The van der Waals surface area contributed by atoms with Gasteiger partial charge >= 0.3 is 5.97 Å². The predicted molar refractivity (Wildman–Crippen MR) is 154 cm³/mol. The number of benzene rings is 3. The maximum atomic E-state index is 11.1. The van der Waals surface area contributed by atoms with Gasteiger partial charge < -0.3 is 19.3 Å². The second kappa shape index (κ2) is 12.3. The Morgan fingerprint density at radius 2 is 1.82 bits per heavy atom. The fraction of sp³-hybridized carbons (Fsp3) is 0.406. The second-order valence-electron chi connectivity index (χ2n) is 10.8. The lowest BCUT2D eigenvalue weighted by Crippen LogP contribution is -2.52. The molecule has 3 aromatic rings. The number of ether oxygens (including phenoxy) is 3. The van der Waals surface area contributed by atoms with Crippen LogP contribution in [-0.4, -0.2) is 53.5 Å². The molecule has 0 radical (unpaired) electrons. The Kier molecular flexibility index (Phi) is 8.59. The van der Waals surface area contributed by atoms with E-state index in [1.54, 1.807) is 5.12 Å². The number of aryl methyl sites for hydroxylation is 2. The van der Waals surface area contributed by atoms with E-state index in [-0.39, 0.29) is 18.4 Å². The molecule has 5 rings (SSSR count). The van der Waals surface area contributed by atoms with Gasteiger partial charge in [0.2, 0.25) is 0 Å². The van der Waals surface area contributed by atoms with E-state index in [1.165, 1.54) is 16.7 Å². The summed E-state index contributed by atoms with van der Waals surface area (Å²) in [5.74, 6) is 7.44.